The van der Waals surface area contributed by atoms with Crippen molar-refractivity contribution in [1.82, 2.24) is 4.98 Å². The lowest BCUT2D eigenvalue weighted by Gasteiger charge is -2.10. The molecule has 0 saturated heterocycles. The molecule has 20 heavy (non-hydrogen) atoms. The predicted octanol–water partition coefficient (Wildman–Crippen LogP) is 2.04. The number of hydrogen-bond acceptors (Lipinski definition) is 4. The summed E-state index contributed by atoms with van der Waals surface area (Å²) in [4.78, 5) is 26.7. The minimum atomic E-state index is -1.06. The minimum Gasteiger partial charge on any atom is -0.495 e. The van der Waals surface area contributed by atoms with Crippen molar-refractivity contribution in [3.8, 4) is 5.75 Å². The number of carbonyl (C=O) groups excluding carboxylic acids is 1. The van der Waals surface area contributed by atoms with Crippen molar-refractivity contribution in [2.45, 2.75) is 0 Å². The first-order valence-corrected chi connectivity index (χ1v) is 5.74. The molecule has 0 spiro atoms. The Labute approximate surface area is 115 Å². The Morgan fingerprint density at radius 1 is 1.25 bits per heavy atom. The number of nitrogens with zero attached hydrogens (tertiary/aromatic N) is 1. The van der Waals surface area contributed by atoms with Gasteiger partial charge in [-0.1, -0.05) is 0 Å². The molecule has 0 atom stereocenters. The smallest absolute Gasteiger partial charge is 0.335 e. The van der Waals surface area contributed by atoms with Crippen LogP contribution in [0.2, 0.25) is 0 Å². The van der Waals surface area contributed by atoms with E-state index < -0.39 is 5.97 Å². The lowest BCUT2D eigenvalue weighted by Crippen LogP contribution is -2.13. The van der Waals surface area contributed by atoms with Crippen LogP contribution in [0.3, 0.4) is 0 Å². The Kier molecular flexibility index (Phi) is 3.95. The molecule has 6 nitrogen and oxygen atoms in total. The number of nitrogens with one attached hydrogen (secondary N) is 1. The number of carbonyl (C=O) groups is 2. The van der Waals surface area contributed by atoms with Crippen molar-refractivity contribution in [3.63, 3.8) is 0 Å². The fourth-order valence-electron chi connectivity index (χ4n) is 1.62. The van der Waals surface area contributed by atoms with Crippen LogP contribution >= 0.6 is 0 Å². The number of anilines is 1. The topological polar surface area (TPSA) is 88.5 Å². The highest BCUT2D eigenvalue weighted by Crippen LogP contribution is 2.26. The van der Waals surface area contributed by atoms with Crippen molar-refractivity contribution in [2.75, 3.05) is 12.4 Å². The normalized spacial score (nSPS) is 9.85. The van der Waals surface area contributed by atoms with Gasteiger partial charge in [-0.25, -0.2) is 4.79 Å². The van der Waals surface area contributed by atoms with Gasteiger partial charge in [0.05, 0.1) is 23.9 Å². The number of benzene rings is 1. The summed E-state index contributed by atoms with van der Waals surface area (Å²) in [6.45, 7) is 0. The van der Waals surface area contributed by atoms with Crippen LogP contribution in [-0.2, 0) is 0 Å². The van der Waals surface area contributed by atoms with E-state index in [2.05, 4.69) is 10.3 Å². The second kappa shape index (κ2) is 5.83. The van der Waals surface area contributed by atoms with Gasteiger partial charge in [-0.3, -0.25) is 9.78 Å². The van der Waals surface area contributed by atoms with E-state index in [-0.39, 0.29) is 17.2 Å². The molecule has 2 aromatic rings. The standard InChI is InChI=1S/C14H12N2O4/c1-20-12-7-9(14(18)19)4-5-11(12)16-13(17)10-3-2-6-15-8-10/h2-8H,1H3,(H,16,17)(H,18,19). The minimum absolute atomic E-state index is 0.0845. The fraction of sp³-hybridized carbons (Fsp3) is 0.0714. The van der Waals surface area contributed by atoms with Crippen molar-refractivity contribution < 1.29 is 19.4 Å². The number of carboxylic acids is 1. The van der Waals surface area contributed by atoms with Crippen LogP contribution in [0.25, 0.3) is 0 Å². The van der Waals surface area contributed by atoms with Crippen LogP contribution < -0.4 is 10.1 Å². The van der Waals surface area contributed by atoms with E-state index in [0.29, 0.717) is 11.3 Å². The van der Waals surface area contributed by atoms with Gasteiger partial charge >= 0.3 is 5.97 Å². The molecule has 1 aromatic carbocycles. The molecule has 0 saturated carbocycles. The number of carboxylic acid groups (broad SMARTS) is 1. The lowest BCUT2D eigenvalue weighted by molar-refractivity contribution is 0.0696. The number of aromatic nitrogens is 1. The van der Waals surface area contributed by atoms with E-state index in [1.165, 1.54) is 31.5 Å². The molecule has 0 aliphatic rings. The van der Waals surface area contributed by atoms with Crippen LogP contribution in [0.5, 0.6) is 5.75 Å². The van der Waals surface area contributed by atoms with E-state index in [9.17, 15) is 9.59 Å². The maximum Gasteiger partial charge on any atom is 0.335 e. The maximum absolute atomic E-state index is 12.0. The number of methoxy groups -OCH3 is 1. The number of pyridine rings is 1. The first-order valence-electron chi connectivity index (χ1n) is 5.74. The van der Waals surface area contributed by atoms with Crippen LogP contribution in [0, 0.1) is 0 Å². The van der Waals surface area contributed by atoms with Gasteiger partial charge in [0, 0.05) is 12.4 Å². The van der Waals surface area contributed by atoms with Crippen molar-refractivity contribution in [1.29, 1.82) is 0 Å². The number of ether oxygens (including phenoxy) is 1. The third kappa shape index (κ3) is 2.92. The molecule has 2 N–H and O–H groups in total. The molecule has 0 aliphatic heterocycles. The second-order valence-corrected chi connectivity index (χ2v) is 3.92. The van der Waals surface area contributed by atoms with Gasteiger partial charge in [0.1, 0.15) is 5.75 Å². The number of amides is 1. The highest BCUT2D eigenvalue weighted by Gasteiger charge is 2.12. The third-order valence-electron chi connectivity index (χ3n) is 2.62. The zero-order chi connectivity index (χ0) is 14.5. The molecular formula is C14H12N2O4. The molecule has 102 valence electrons. The van der Waals surface area contributed by atoms with Crippen LogP contribution in [0.4, 0.5) is 5.69 Å². The van der Waals surface area contributed by atoms with Crippen molar-refractivity contribution >= 4 is 17.6 Å². The van der Waals surface area contributed by atoms with Crippen molar-refractivity contribution in [2.24, 2.45) is 0 Å². The van der Waals surface area contributed by atoms with Gasteiger partial charge in [-0.2, -0.15) is 0 Å². The van der Waals surface area contributed by atoms with E-state index in [0.717, 1.165) is 0 Å². The Balaban J connectivity index is 2.25. The summed E-state index contributed by atoms with van der Waals surface area (Å²) >= 11 is 0. The quantitative estimate of drug-likeness (QED) is 0.889. The largest absolute Gasteiger partial charge is 0.495 e. The van der Waals surface area contributed by atoms with Crippen molar-refractivity contribution in [3.05, 3.63) is 53.9 Å². The highest BCUT2D eigenvalue weighted by molar-refractivity contribution is 6.05. The average molecular weight is 272 g/mol. The summed E-state index contributed by atoms with van der Waals surface area (Å²) in [5.41, 5.74) is 0.879. The van der Waals surface area contributed by atoms with Gasteiger partial charge in [-0.05, 0) is 30.3 Å². The zero-order valence-corrected chi connectivity index (χ0v) is 10.7. The Morgan fingerprint density at radius 3 is 2.65 bits per heavy atom. The summed E-state index contributed by atoms with van der Waals surface area (Å²) in [5, 5.41) is 11.6. The molecule has 0 bridgehead atoms. The van der Waals surface area contributed by atoms with Gasteiger partial charge in [0.15, 0.2) is 0 Å². The summed E-state index contributed by atoms with van der Waals surface area (Å²) in [5.74, 6) is -1.13. The summed E-state index contributed by atoms with van der Waals surface area (Å²) in [7, 11) is 1.40. The lowest BCUT2D eigenvalue weighted by atomic mass is 10.2. The first kappa shape index (κ1) is 13.5. The van der Waals surface area contributed by atoms with Crippen LogP contribution in [-0.4, -0.2) is 29.1 Å². The molecule has 0 radical (unpaired) electrons. The molecular weight excluding hydrogens is 260 g/mol. The second-order valence-electron chi connectivity index (χ2n) is 3.92. The first-order chi connectivity index (χ1) is 9.61. The van der Waals surface area contributed by atoms with Gasteiger partial charge < -0.3 is 15.2 Å². The molecule has 0 unspecified atom stereocenters. The molecule has 1 heterocycles. The molecule has 2 rings (SSSR count). The number of rotatable bonds is 4. The Bertz CT molecular complexity index is 641. The van der Waals surface area contributed by atoms with E-state index in [1.54, 1.807) is 18.3 Å². The maximum atomic E-state index is 12.0. The zero-order valence-electron chi connectivity index (χ0n) is 10.7. The summed E-state index contributed by atoms with van der Waals surface area (Å²) in [6, 6.07) is 7.50. The van der Waals surface area contributed by atoms with E-state index in [1.807, 2.05) is 0 Å². The Morgan fingerprint density at radius 2 is 2.05 bits per heavy atom. The highest BCUT2D eigenvalue weighted by atomic mass is 16.5. The van der Waals surface area contributed by atoms with Crippen LogP contribution in [0.15, 0.2) is 42.7 Å². The van der Waals surface area contributed by atoms with Crippen LogP contribution in [0.1, 0.15) is 20.7 Å². The summed E-state index contributed by atoms with van der Waals surface area (Å²) in [6.07, 6.45) is 3.01. The monoisotopic (exact) mass is 272 g/mol. The molecule has 6 heteroatoms. The predicted molar refractivity (Wildman–Crippen MR) is 72.1 cm³/mol. The van der Waals surface area contributed by atoms with Gasteiger partial charge in [0.2, 0.25) is 0 Å². The fourth-order valence-corrected chi connectivity index (χ4v) is 1.62. The molecule has 1 aromatic heterocycles. The summed E-state index contributed by atoms with van der Waals surface area (Å²) < 4.78 is 5.08. The third-order valence-corrected chi connectivity index (χ3v) is 2.62. The average Bonchev–Trinajstić information content (AvgIpc) is 2.48. The number of hydrogen-bond donors (Lipinski definition) is 2. The SMILES string of the molecule is COc1cc(C(=O)O)ccc1NC(=O)c1cccnc1. The van der Waals surface area contributed by atoms with Gasteiger partial charge in [0.25, 0.3) is 5.91 Å². The Hall–Kier alpha value is -2.89. The van der Waals surface area contributed by atoms with E-state index >= 15 is 0 Å². The molecule has 0 aliphatic carbocycles. The van der Waals surface area contributed by atoms with Gasteiger partial charge in [-0.15, -0.1) is 0 Å². The molecule has 1 amide bonds. The molecule has 0 fully saturated rings. The number of aromatic carboxylic acids is 1. The van der Waals surface area contributed by atoms with E-state index in [4.69, 9.17) is 9.84 Å².